The lowest BCUT2D eigenvalue weighted by atomic mass is 10.1. The highest BCUT2D eigenvalue weighted by molar-refractivity contribution is 5.82. The number of para-hydroxylation sites is 2. The van der Waals surface area contributed by atoms with E-state index in [1.807, 2.05) is 24.3 Å². The first-order valence-corrected chi connectivity index (χ1v) is 8.59. The van der Waals surface area contributed by atoms with Crippen LogP contribution in [-0.2, 0) is 17.6 Å². The molecule has 1 amide bonds. The van der Waals surface area contributed by atoms with Gasteiger partial charge in [0.2, 0.25) is 0 Å². The Bertz CT molecular complexity index is 734. The van der Waals surface area contributed by atoms with Crippen LogP contribution in [0.15, 0.2) is 48.5 Å². The monoisotopic (exact) mass is 322 g/mol. The molecule has 0 saturated carbocycles. The van der Waals surface area contributed by atoms with Crippen molar-refractivity contribution < 1.29 is 9.53 Å². The smallest absolute Gasteiger partial charge is 0.261 e. The topological polar surface area (TPSA) is 41.6 Å². The molecule has 2 heterocycles. The fourth-order valence-corrected chi connectivity index (χ4v) is 3.62. The average Bonchev–Trinajstić information content (AvgIpc) is 3.23. The number of carbonyl (C=O) groups is 1. The molecule has 0 fully saturated rings. The van der Waals surface area contributed by atoms with Gasteiger partial charge in [-0.1, -0.05) is 36.4 Å². The molecule has 0 radical (unpaired) electrons. The number of amides is 1. The Morgan fingerprint density at radius 2 is 1.96 bits per heavy atom. The third-order valence-corrected chi connectivity index (χ3v) is 4.97. The van der Waals surface area contributed by atoms with Crippen LogP contribution in [0.4, 0.5) is 5.69 Å². The molecule has 0 spiro atoms. The standard InChI is InChI=1S/C20H22N2O2/c1-14(22-11-10-15-6-2-4-8-17(15)22)13-21-20(23)19-12-16-7-3-5-9-18(16)24-19/h2-9,14,19H,10-13H2,1H3,(H,21,23)/t14-,19-/m1/s1. The number of nitrogens with one attached hydrogen (secondary N) is 1. The first-order valence-electron chi connectivity index (χ1n) is 8.59. The lowest BCUT2D eigenvalue weighted by Gasteiger charge is -2.28. The van der Waals surface area contributed by atoms with E-state index in [1.54, 1.807) is 0 Å². The lowest BCUT2D eigenvalue weighted by Crippen LogP contribution is -2.45. The highest BCUT2D eigenvalue weighted by atomic mass is 16.5. The van der Waals surface area contributed by atoms with E-state index >= 15 is 0 Å². The number of anilines is 1. The van der Waals surface area contributed by atoms with Crippen LogP contribution in [0.3, 0.4) is 0 Å². The second kappa shape index (κ2) is 6.19. The minimum Gasteiger partial charge on any atom is -0.480 e. The van der Waals surface area contributed by atoms with Gasteiger partial charge >= 0.3 is 0 Å². The van der Waals surface area contributed by atoms with Crippen molar-refractivity contribution >= 4 is 11.6 Å². The van der Waals surface area contributed by atoms with Gasteiger partial charge in [-0.25, -0.2) is 0 Å². The maximum absolute atomic E-state index is 12.4. The summed E-state index contributed by atoms with van der Waals surface area (Å²) in [6, 6.07) is 16.6. The maximum Gasteiger partial charge on any atom is 0.261 e. The number of hydrogen-bond donors (Lipinski definition) is 1. The van der Waals surface area contributed by atoms with Crippen LogP contribution >= 0.6 is 0 Å². The molecule has 2 aromatic rings. The number of nitrogens with zero attached hydrogens (tertiary/aromatic N) is 1. The first-order chi connectivity index (χ1) is 11.7. The molecule has 0 bridgehead atoms. The first kappa shape index (κ1) is 15.1. The van der Waals surface area contributed by atoms with Crippen molar-refractivity contribution in [1.82, 2.24) is 5.32 Å². The summed E-state index contributed by atoms with van der Waals surface area (Å²) in [6.07, 6.45) is 1.33. The number of fused-ring (bicyclic) bond motifs is 2. The van der Waals surface area contributed by atoms with Gasteiger partial charge < -0.3 is 15.0 Å². The van der Waals surface area contributed by atoms with E-state index in [0.29, 0.717) is 13.0 Å². The summed E-state index contributed by atoms with van der Waals surface area (Å²) in [5.74, 6) is 0.810. The zero-order valence-corrected chi connectivity index (χ0v) is 13.9. The summed E-state index contributed by atoms with van der Waals surface area (Å²) < 4.78 is 5.76. The van der Waals surface area contributed by atoms with E-state index in [0.717, 1.165) is 24.3 Å². The molecule has 4 rings (SSSR count). The molecule has 1 N–H and O–H groups in total. The van der Waals surface area contributed by atoms with Crippen LogP contribution in [0.1, 0.15) is 18.1 Å². The molecule has 2 aromatic carbocycles. The van der Waals surface area contributed by atoms with Gasteiger partial charge in [-0.05, 0) is 36.6 Å². The molecular formula is C20H22N2O2. The van der Waals surface area contributed by atoms with Crippen LogP contribution in [0.5, 0.6) is 5.75 Å². The number of ether oxygens (including phenoxy) is 1. The van der Waals surface area contributed by atoms with Crippen molar-refractivity contribution in [2.75, 3.05) is 18.0 Å². The van der Waals surface area contributed by atoms with Crippen molar-refractivity contribution in [3.05, 3.63) is 59.7 Å². The second-order valence-corrected chi connectivity index (χ2v) is 6.58. The van der Waals surface area contributed by atoms with Crippen molar-refractivity contribution in [1.29, 1.82) is 0 Å². The van der Waals surface area contributed by atoms with E-state index in [-0.39, 0.29) is 11.9 Å². The molecule has 0 aromatic heterocycles. The third kappa shape index (κ3) is 2.73. The Hall–Kier alpha value is -2.49. The normalized spacial score (nSPS) is 19.4. The fourth-order valence-electron chi connectivity index (χ4n) is 3.62. The van der Waals surface area contributed by atoms with Gasteiger partial charge in [0.1, 0.15) is 5.75 Å². The maximum atomic E-state index is 12.4. The van der Waals surface area contributed by atoms with Gasteiger partial charge in [0, 0.05) is 31.2 Å². The highest BCUT2D eigenvalue weighted by Crippen LogP contribution is 2.30. The number of benzene rings is 2. The Balaban J connectivity index is 1.34. The predicted octanol–water partition coefficient (Wildman–Crippen LogP) is 2.56. The Kier molecular flexibility index (Phi) is 3.89. The zero-order chi connectivity index (χ0) is 16.5. The summed E-state index contributed by atoms with van der Waals surface area (Å²) >= 11 is 0. The molecule has 0 aliphatic carbocycles. The van der Waals surface area contributed by atoms with Gasteiger partial charge in [0.05, 0.1) is 0 Å². The number of carbonyl (C=O) groups excluding carboxylic acids is 1. The minimum atomic E-state index is -0.402. The van der Waals surface area contributed by atoms with Crippen LogP contribution in [0.2, 0.25) is 0 Å². The number of rotatable bonds is 4. The fraction of sp³-hybridized carbons (Fsp3) is 0.350. The number of hydrogen-bond acceptors (Lipinski definition) is 3. The molecule has 4 nitrogen and oxygen atoms in total. The van der Waals surface area contributed by atoms with E-state index < -0.39 is 6.10 Å². The van der Waals surface area contributed by atoms with Gasteiger partial charge in [0.15, 0.2) is 6.10 Å². The molecule has 4 heteroatoms. The Morgan fingerprint density at radius 3 is 2.79 bits per heavy atom. The van der Waals surface area contributed by atoms with E-state index in [2.05, 4.69) is 41.4 Å². The molecule has 2 aliphatic rings. The molecule has 2 atom stereocenters. The van der Waals surface area contributed by atoms with Crippen LogP contribution in [0.25, 0.3) is 0 Å². The SMILES string of the molecule is C[C@H](CNC(=O)[C@H]1Cc2ccccc2O1)N1CCc2ccccc21. The van der Waals surface area contributed by atoms with Crippen LogP contribution in [0, 0.1) is 0 Å². The molecule has 2 aliphatic heterocycles. The van der Waals surface area contributed by atoms with Crippen LogP contribution in [-0.4, -0.2) is 31.1 Å². The van der Waals surface area contributed by atoms with Crippen LogP contribution < -0.4 is 15.0 Å². The molecule has 0 unspecified atom stereocenters. The largest absolute Gasteiger partial charge is 0.480 e. The summed E-state index contributed by atoms with van der Waals surface area (Å²) in [7, 11) is 0. The van der Waals surface area contributed by atoms with Crippen molar-refractivity contribution in [3.8, 4) is 5.75 Å². The van der Waals surface area contributed by atoms with Gasteiger partial charge in [-0.15, -0.1) is 0 Å². The van der Waals surface area contributed by atoms with Gasteiger partial charge in [-0.3, -0.25) is 4.79 Å². The Morgan fingerprint density at radius 1 is 1.21 bits per heavy atom. The third-order valence-electron chi connectivity index (χ3n) is 4.97. The second-order valence-electron chi connectivity index (χ2n) is 6.58. The van der Waals surface area contributed by atoms with E-state index in [1.165, 1.54) is 11.3 Å². The Labute approximate surface area is 142 Å². The quantitative estimate of drug-likeness (QED) is 0.940. The summed E-state index contributed by atoms with van der Waals surface area (Å²) in [6.45, 7) is 3.80. The summed E-state index contributed by atoms with van der Waals surface area (Å²) in [4.78, 5) is 14.8. The lowest BCUT2D eigenvalue weighted by molar-refractivity contribution is -0.127. The average molecular weight is 322 g/mol. The summed E-state index contributed by atoms with van der Waals surface area (Å²) in [5, 5.41) is 3.06. The van der Waals surface area contributed by atoms with Crippen molar-refractivity contribution in [2.24, 2.45) is 0 Å². The zero-order valence-electron chi connectivity index (χ0n) is 13.9. The predicted molar refractivity (Wildman–Crippen MR) is 94.5 cm³/mol. The summed E-state index contributed by atoms with van der Waals surface area (Å²) in [5.41, 5.74) is 3.80. The van der Waals surface area contributed by atoms with Crippen molar-refractivity contribution in [2.45, 2.75) is 31.9 Å². The molecule has 124 valence electrons. The molecular weight excluding hydrogens is 300 g/mol. The molecule has 24 heavy (non-hydrogen) atoms. The highest BCUT2D eigenvalue weighted by Gasteiger charge is 2.29. The van der Waals surface area contributed by atoms with E-state index in [9.17, 15) is 4.79 Å². The van der Waals surface area contributed by atoms with E-state index in [4.69, 9.17) is 4.74 Å². The van der Waals surface area contributed by atoms with Crippen molar-refractivity contribution in [3.63, 3.8) is 0 Å². The van der Waals surface area contributed by atoms with Gasteiger partial charge in [-0.2, -0.15) is 0 Å². The minimum absolute atomic E-state index is 0.0227. The molecule has 0 saturated heterocycles. The van der Waals surface area contributed by atoms with Gasteiger partial charge in [0.25, 0.3) is 5.91 Å².